The van der Waals surface area contributed by atoms with Crippen LogP contribution in [0.5, 0.6) is 11.5 Å². The van der Waals surface area contributed by atoms with Gasteiger partial charge in [0, 0.05) is 76.5 Å². The minimum Gasteiger partial charge on any atom is -0.495 e. The predicted molar refractivity (Wildman–Crippen MR) is 179 cm³/mol. The molecule has 3 heterocycles. The van der Waals surface area contributed by atoms with E-state index in [0.717, 1.165) is 95.2 Å². The van der Waals surface area contributed by atoms with E-state index in [-0.39, 0.29) is 0 Å². The topological polar surface area (TPSA) is 58.9 Å². The van der Waals surface area contributed by atoms with Crippen LogP contribution in [0, 0.1) is 0 Å². The fourth-order valence-corrected chi connectivity index (χ4v) is 7.56. The van der Waals surface area contributed by atoms with Crippen LogP contribution in [0.15, 0.2) is 66.9 Å². The second kappa shape index (κ2) is 13.6. The summed E-state index contributed by atoms with van der Waals surface area (Å²) in [5.41, 5.74) is 9.38. The molecule has 2 aliphatic heterocycles. The largest absolute Gasteiger partial charge is 0.495 e. The fourth-order valence-electron chi connectivity index (χ4n) is 7.56. The first-order valence-corrected chi connectivity index (χ1v) is 16.8. The van der Waals surface area contributed by atoms with Gasteiger partial charge in [0.1, 0.15) is 11.5 Å². The number of fused-ring (bicyclic) bond motifs is 2. The predicted octanol–water partition coefficient (Wildman–Crippen LogP) is 5.65. The first kappa shape index (κ1) is 29.8. The summed E-state index contributed by atoms with van der Waals surface area (Å²) < 4.78 is 14.0. The van der Waals surface area contributed by atoms with Gasteiger partial charge in [0.15, 0.2) is 0 Å². The molecule has 1 aromatic heterocycles. The van der Waals surface area contributed by atoms with Crippen LogP contribution >= 0.6 is 0 Å². The molecule has 1 aliphatic carbocycles. The second-order valence-electron chi connectivity index (χ2n) is 12.6. The maximum atomic E-state index is 6.48. The van der Waals surface area contributed by atoms with Gasteiger partial charge >= 0.3 is 0 Å². The van der Waals surface area contributed by atoms with Gasteiger partial charge in [0.25, 0.3) is 0 Å². The molecule has 4 aromatic rings. The van der Waals surface area contributed by atoms with Crippen molar-refractivity contribution in [1.82, 2.24) is 24.8 Å². The third-order valence-electron chi connectivity index (χ3n) is 9.80. The smallest absolute Gasteiger partial charge is 0.142 e. The molecule has 0 amide bonds. The van der Waals surface area contributed by atoms with Gasteiger partial charge in [0.05, 0.1) is 25.1 Å². The zero-order valence-electron chi connectivity index (χ0n) is 26.8. The van der Waals surface area contributed by atoms with Crippen LogP contribution in [-0.4, -0.2) is 84.3 Å². The zero-order valence-corrected chi connectivity index (χ0v) is 26.8. The van der Waals surface area contributed by atoms with E-state index in [1.807, 2.05) is 16.8 Å². The Morgan fingerprint density at radius 2 is 1.67 bits per heavy atom. The fraction of sp³-hybridized carbons (Fsp3) is 0.459. The zero-order chi connectivity index (χ0) is 30.6. The molecule has 8 nitrogen and oxygen atoms in total. The Morgan fingerprint density at radius 3 is 2.53 bits per heavy atom. The minimum absolute atomic E-state index is 0.483. The third kappa shape index (κ3) is 6.31. The Balaban J connectivity index is 0.903. The third-order valence-corrected chi connectivity index (χ3v) is 9.80. The summed E-state index contributed by atoms with van der Waals surface area (Å²) >= 11 is 0. The van der Waals surface area contributed by atoms with Crippen LogP contribution < -0.4 is 14.4 Å². The molecule has 1 saturated heterocycles. The van der Waals surface area contributed by atoms with E-state index in [2.05, 4.69) is 86.7 Å². The number of ether oxygens (including phenoxy) is 2. The normalized spacial score (nSPS) is 18.0. The van der Waals surface area contributed by atoms with Crippen molar-refractivity contribution in [3.8, 4) is 22.6 Å². The average Bonchev–Trinajstić information content (AvgIpc) is 3.55. The number of rotatable bonds is 12. The van der Waals surface area contributed by atoms with Crippen LogP contribution in [0.25, 0.3) is 11.1 Å². The first-order chi connectivity index (χ1) is 22.2. The van der Waals surface area contributed by atoms with Crippen LogP contribution in [0.2, 0.25) is 0 Å². The number of hydrogen-bond donors (Lipinski definition) is 0. The van der Waals surface area contributed by atoms with E-state index in [4.69, 9.17) is 9.47 Å². The number of hydrogen-bond acceptors (Lipinski definition) is 7. The molecular formula is C37H46N6O2. The molecule has 8 heteroatoms. The van der Waals surface area contributed by atoms with E-state index >= 15 is 0 Å². The van der Waals surface area contributed by atoms with Gasteiger partial charge in [0.2, 0.25) is 0 Å². The molecule has 45 heavy (non-hydrogen) atoms. The van der Waals surface area contributed by atoms with Crippen molar-refractivity contribution in [2.45, 2.75) is 51.6 Å². The van der Waals surface area contributed by atoms with Crippen molar-refractivity contribution in [3.05, 3.63) is 89.2 Å². The molecule has 236 valence electrons. The van der Waals surface area contributed by atoms with Gasteiger partial charge in [-0.2, -0.15) is 0 Å². The minimum atomic E-state index is 0.483. The molecule has 0 saturated carbocycles. The Hall–Kier alpha value is -3.88. The van der Waals surface area contributed by atoms with Crippen molar-refractivity contribution in [3.63, 3.8) is 0 Å². The number of methoxy groups -OCH3 is 1. The summed E-state index contributed by atoms with van der Waals surface area (Å²) in [4.78, 5) is 7.63. The highest BCUT2D eigenvalue weighted by Crippen LogP contribution is 2.48. The van der Waals surface area contributed by atoms with E-state index in [0.29, 0.717) is 12.6 Å². The summed E-state index contributed by atoms with van der Waals surface area (Å²) in [7, 11) is 1.74. The number of nitrogens with zero attached hydrogens (tertiary/aromatic N) is 6. The number of aryl methyl sites for hydroxylation is 1. The van der Waals surface area contributed by atoms with Gasteiger partial charge in [-0.3, -0.25) is 14.5 Å². The molecule has 0 spiro atoms. The number of aromatic nitrogens is 3. The Labute approximate surface area is 267 Å². The van der Waals surface area contributed by atoms with E-state index < -0.39 is 0 Å². The summed E-state index contributed by atoms with van der Waals surface area (Å²) in [5.74, 6) is 1.96. The van der Waals surface area contributed by atoms with Crippen molar-refractivity contribution < 1.29 is 9.47 Å². The molecule has 0 unspecified atom stereocenters. The maximum absolute atomic E-state index is 6.48. The highest BCUT2D eigenvalue weighted by atomic mass is 16.5. The lowest BCUT2D eigenvalue weighted by atomic mass is 9.77. The van der Waals surface area contributed by atoms with Gasteiger partial charge < -0.3 is 14.4 Å². The maximum Gasteiger partial charge on any atom is 0.142 e. The van der Waals surface area contributed by atoms with Crippen molar-refractivity contribution in [2.75, 3.05) is 64.4 Å². The molecule has 0 N–H and O–H groups in total. The van der Waals surface area contributed by atoms with E-state index in [9.17, 15) is 0 Å². The second-order valence-corrected chi connectivity index (χ2v) is 12.6. The molecule has 0 radical (unpaired) electrons. The van der Waals surface area contributed by atoms with E-state index in [1.54, 1.807) is 7.11 Å². The highest BCUT2D eigenvalue weighted by molar-refractivity contribution is 5.80. The average molecular weight is 607 g/mol. The lowest BCUT2D eigenvalue weighted by Gasteiger charge is -2.42. The van der Waals surface area contributed by atoms with E-state index in [1.165, 1.54) is 39.9 Å². The Bertz CT molecular complexity index is 1590. The Kier molecular flexibility index (Phi) is 9.03. The lowest BCUT2D eigenvalue weighted by Crippen LogP contribution is -2.47. The molecular weight excluding hydrogens is 560 g/mol. The van der Waals surface area contributed by atoms with Gasteiger partial charge in [-0.25, -0.2) is 0 Å². The molecule has 3 aliphatic rings. The number of anilines is 1. The summed E-state index contributed by atoms with van der Waals surface area (Å²) in [6.45, 7) is 11.1. The summed E-state index contributed by atoms with van der Waals surface area (Å²) in [5, 5.41) is 8.89. The molecule has 1 atom stereocenters. The van der Waals surface area contributed by atoms with Gasteiger partial charge in [-0.05, 0) is 66.3 Å². The van der Waals surface area contributed by atoms with Crippen molar-refractivity contribution >= 4 is 5.69 Å². The molecule has 7 rings (SSSR count). The monoisotopic (exact) mass is 606 g/mol. The van der Waals surface area contributed by atoms with Crippen LogP contribution in [-0.2, 0) is 25.8 Å². The number of para-hydroxylation sites is 2. The molecule has 0 bridgehead atoms. The van der Waals surface area contributed by atoms with Crippen molar-refractivity contribution in [1.29, 1.82) is 0 Å². The standard InChI is InChI=1S/C37H46N6O2/c1-3-17-41-20-15-28-9-6-11-31-36(28)33(41)26-29-10-7-14-35(37(29)31)45-25-8-18-43-27-30(38-39-43)16-19-40-21-23-42(24-22-40)32-12-4-5-13-34(32)44-2/h4-7,9-14,27,33H,3,8,15-26H2,1-2H3/t33-/m0/s1. The van der Waals surface area contributed by atoms with Crippen LogP contribution in [0.3, 0.4) is 0 Å². The molecule has 1 fully saturated rings. The van der Waals surface area contributed by atoms with Gasteiger partial charge in [-0.15, -0.1) is 5.10 Å². The Morgan fingerprint density at radius 1 is 0.844 bits per heavy atom. The first-order valence-electron chi connectivity index (χ1n) is 16.8. The van der Waals surface area contributed by atoms with Crippen LogP contribution in [0.4, 0.5) is 5.69 Å². The van der Waals surface area contributed by atoms with Crippen molar-refractivity contribution in [2.24, 2.45) is 0 Å². The number of benzene rings is 3. The number of piperazine rings is 1. The quantitative estimate of drug-likeness (QED) is 0.193. The lowest BCUT2D eigenvalue weighted by molar-refractivity contribution is 0.183. The van der Waals surface area contributed by atoms with Crippen LogP contribution in [0.1, 0.15) is 48.2 Å². The van der Waals surface area contributed by atoms with Gasteiger partial charge in [-0.1, -0.05) is 54.6 Å². The highest BCUT2D eigenvalue weighted by Gasteiger charge is 2.35. The summed E-state index contributed by atoms with van der Waals surface area (Å²) in [6, 6.07) is 22.3. The molecule has 3 aromatic carbocycles. The summed E-state index contributed by atoms with van der Waals surface area (Å²) in [6.07, 6.45) is 7.30. The SMILES string of the molecule is CCCN1CCc2cccc3c2[C@@H]1Cc1cccc(OCCCn2cc(CCN4CCN(c5ccccc5OC)CC4)nn2)c1-3.